The van der Waals surface area contributed by atoms with Gasteiger partial charge in [0.15, 0.2) is 5.65 Å². The first-order valence-electron chi connectivity index (χ1n) is 10.7. The number of likely N-dealkylation sites (tertiary alicyclic amines) is 1. The van der Waals surface area contributed by atoms with Crippen molar-refractivity contribution in [1.82, 2.24) is 19.5 Å². The van der Waals surface area contributed by atoms with E-state index in [1.54, 1.807) is 28.9 Å². The Balaban J connectivity index is 1.34. The van der Waals surface area contributed by atoms with Crippen LogP contribution >= 0.6 is 15.9 Å². The van der Waals surface area contributed by atoms with E-state index in [9.17, 15) is 10.2 Å². The molecule has 3 heterocycles. The number of benzene rings is 2. The quantitative estimate of drug-likeness (QED) is 0.375. The summed E-state index contributed by atoms with van der Waals surface area (Å²) >= 11 is 3.53. The van der Waals surface area contributed by atoms with Gasteiger partial charge in [-0.15, -0.1) is 0 Å². The van der Waals surface area contributed by atoms with E-state index in [1.165, 1.54) is 0 Å². The zero-order chi connectivity index (χ0) is 22.1. The number of nitrogens with zero attached hydrogens (tertiary/aromatic N) is 4. The summed E-state index contributed by atoms with van der Waals surface area (Å²) in [4.78, 5) is 7.08. The molecule has 0 saturated carbocycles. The van der Waals surface area contributed by atoms with Gasteiger partial charge in [-0.05, 0) is 47.0 Å². The molecule has 2 aromatic carbocycles. The maximum absolute atomic E-state index is 10.3. The summed E-state index contributed by atoms with van der Waals surface area (Å²) in [7, 11) is 0. The monoisotopic (exact) mass is 493 g/mol. The van der Waals surface area contributed by atoms with Gasteiger partial charge in [-0.25, -0.2) is 4.98 Å². The van der Waals surface area contributed by atoms with Crippen molar-refractivity contribution in [3.63, 3.8) is 0 Å². The van der Waals surface area contributed by atoms with Crippen molar-refractivity contribution >= 4 is 27.4 Å². The minimum Gasteiger partial charge on any atom is -0.508 e. The average Bonchev–Trinajstić information content (AvgIpc) is 3.18. The van der Waals surface area contributed by atoms with Gasteiger partial charge in [-0.2, -0.15) is 9.61 Å². The molecule has 0 atom stereocenters. The number of nitrogens with one attached hydrogen (secondary N) is 1. The highest BCUT2D eigenvalue weighted by atomic mass is 79.9. The van der Waals surface area contributed by atoms with Crippen molar-refractivity contribution in [2.24, 2.45) is 0 Å². The summed E-state index contributed by atoms with van der Waals surface area (Å²) < 4.78 is 2.59. The maximum atomic E-state index is 10.3. The minimum atomic E-state index is 0.198. The molecule has 164 valence electrons. The van der Waals surface area contributed by atoms with Crippen LogP contribution in [0.2, 0.25) is 0 Å². The molecule has 0 unspecified atom stereocenters. The van der Waals surface area contributed by atoms with Crippen LogP contribution in [0.5, 0.6) is 11.5 Å². The van der Waals surface area contributed by atoms with Crippen LogP contribution in [0, 0.1) is 0 Å². The molecular weight excluding hydrogens is 470 g/mol. The van der Waals surface area contributed by atoms with E-state index in [0.29, 0.717) is 28.7 Å². The Morgan fingerprint density at radius 2 is 1.72 bits per heavy atom. The highest BCUT2D eigenvalue weighted by molar-refractivity contribution is 9.10. The first-order chi connectivity index (χ1) is 15.6. The molecule has 1 aliphatic heterocycles. The Bertz CT molecular complexity index is 1250. The van der Waals surface area contributed by atoms with Crippen molar-refractivity contribution in [1.29, 1.82) is 0 Å². The Kier molecular flexibility index (Phi) is 5.71. The van der Waals surface area contributed by atoms with Crippen LogP contribution in [-0.4, -0.2) is 48.8 Å². The Labute approximate surface area is 194 Å². The molecule has 7 nitrogen and oxygen atoms in total. The smallest absolute Gasteiger partial charge is 0.172 e. The Morgan fingerprint density at radius 1 is 1.00 bits per heavy atom. The average molecular weight is 494 g/mol. The zero-order valence-electron chi connectivity index (χ0n) is 17.4. The van der Waals surface area contributed by atoms with E-state index < -0.39 is 0 Å². The summed E-state index contributed by atoms with van der Waals surface area (Å²) in [6.07, 6.45) is 3.69. The number of para-hydroxylation sites is 2. The third-order valence-corrected chi connectivity index (χ3v) is 6.49. The number of aromatic nitrogens is 3. The number of hydrogen-bond acceptors (Lipinski definition) is 6. The van der Waals surface area contributed by atoms with Crippen molar-refractivity contribution in [3.8, 4) is 22.8 Å². The molecule has 1 aliphatic rings. The predicted octanol–water partition coefficient (Wildman–Crippen LogP) is 4.65. The SMILES string of the molecule is Oc1ccccc1CN1CCC(Nc2cc(-c3ccccc3O)nc3c(Br)cnn23)CC1. The van der Waals surface area contributed by atoms with Gasteiger partial charge in [0.2, 0.25) is 0 Å². The highest BCUT2D eigenvalue weighted by Crippen LogP contribution is 2.32. The molecule has 0 bridgehead atoms. The molecule has 3 N–H and O–H groups in total. The third kappa shape index (κ3) is 4.16. The number of phenols is 2. The molecule has 32 heavy (non-hydrogen) atoms. The first kappa shape index (κ1) is 20.8. The van der Waals surface area contributed by atoms with E-state index in [2.05, 4.69) is 31.2 Å². The topological polar surface area (TPSA) is 85.9 Å². The molecule has 1 saturated heterocycles. The van der Waals surface area contributed by atoms with Gasteiger partial charge in [-0.1, -0.05) is 30.3 Å². The molecule has 4 aromatic rings. The molecule has 0 radical (unpaired) electrons. The Hall–Kier alpha value is -3.10. The van der Waals surface area contributed by atoms with Crippen molar-refractivity contribution in [2.45, 2.75) is 25.4 Å². The lowest BCUT2D eigenvalue weighted by Crippen LogP contribution is -2.39. The summed E-state index contributed by atoms with van der Waals surface area (Å²) in [5.41, 5.74) is 3.04. The number of hydrogen-bond donors (Lipinski definition) is 3. The van der Waals surface area contributed by atoms with E-state index >= 15 is 0 Å². The normalized spacial score (nSPS) is 15.3. The first-order valence-corrected chi connectivity index (χ1v) is 11.5. The van der Waals surface area contributed by atoms with Gasteiger partial charge in [0.05, 0.1) is 16.4 Å². The van der Waals surface area contributed by atoms with Crippen LogP contribution in [0.4, 0.5) is 5.82 Å². The van der Waals surface area contributed by atoms with Crippen LogP contribution in [0.3, 0.4) is 0 Å². The molecule has 2 aromatic heterocycles. The lowest BCUT2D eigenvalue weighted by atomic mass is 10.0. The molecule has 0 amide bonds. The third-order valence-electron chi connectivity index (χ3n) is 5.93. The molecule has 5 rings (SSSR count). The number of phenolic OH excluding ortho intramolecular Hbond substituents is 2. The second-order valence-electron chi connectivity index (χ2n) is 8.10. The van der Waals surface area contributed by atoms with Gasteiger partial charge >= 0.3 is 0 Å². The lowest BCUT2D eigenvalue weighted by molar-refractivity contribution is 0.209. The summed E-state index contributed by atoms with van der Waals surface area (Å²) in [6.45, 7) is 2.63. The van der Waals surface area contributed by atoms with Gasteiger partial charge in [-0.3, -0.25) is 4.90 Å². The van der Waals surface area contributed by atoms with Crippen LogP contribution in [-0.2, 0) is 6.54 Å². The number of rotatable bonds is 5. The van der Waals surface area contributed by atoms with Gasteiger partial charge < -0.3 is 15.5 Å². The second kappa shape index (κ2) is 8.80. The lowest BCUT2D eigenvalue weighted by Gasteiger charge is -2.33. The highest BCUT2D eigenvalue weighted by Gasteiger charge is 2.22. The van der Waals surface area contributed by atoms with Crippen molar-refractivity contribution < 1.29 is 10.2 Å². The fraction of sp³-hybridized carbons (Fsp3) is 0.250. The van der Waals surface area contributed by atoms with E-state index in [-0.39, 0.29) is 5.75 Å². The van der Waals surface area contributed by atoms with Gasteiger partial charge in [0.1, 0.15) is 17.3 Å². The number of fused-ring (bicyclic) bond motifs is 1. The fourth-order valence-electron chi connectivity index (χ4n) is 4.20. The summed E-state index contributed by atoms with van der Waals surface area (Å²) in [5, 5.41) is 28.5. The Morgan fingerprint density at radius 3 is 2.47 bits per heavy atom. The van der Waals surface area contributed by atoms with Crippen LogP contribution in [0.15, 0.2) is 65.3 Å². The standard InChI is InChI=1S/C24H24BrN5O2/c25-19-14-26-30-23(13-20(28-24(19)30)18-6-2-4-8-22(18)32)27-17-9-11-29(12-10-17)15-16-5-1-3-7-21(16)31/h1-8,13-14,17,27,31-32H,9-12,15H2. The molecule has 1 fully saturated rings. The number of piperidine rings is 1. The predicted molar refractivity (Wildman–Crippen MR) is 128 cm³/mol. The van der Waals surface area contributed by atoms with E-state index in [0.717, 1.165) is 48.3 Å². The van der Waals surface area contributed by atoms with Gasteiger partial charge in [0.25, 0.3) is 0 Å². The maximum Gasteiger partial charge on any atom is 0.172 e. The van der Waals surface area contributed by atoms with Crippen molar-refractivity contribution in [2.75, 3.05) is 18.4 Å². The van der Waals surface area contributed by atoms with Crippen molar-refractivity contribution in [3.05, 3.63) is 70.8 Å². The largest absolute Gasteiger partial charge is 0.508 e. The van der Waals surface area contributed by atoms with Crippen LogP contribution in [0.25, 0.3) is 16.9 Å². The van der Waals surface area contributed by atoms with E-state index in [1.807, 2.05) is 36.4 Å². The summed E-state index contributed by atoms with van der Waals surface area (Å²) in [6, 6.07) is 17.0. The number of aromatic hydroxyl groups is 2. The fourth-order valence-corrected chi connectivity index (χ4v) is 4.55. The van der Waals surface area contributed by atoms with Crippen LogP contribution < -0.4 is 5.32 Å². The second-order valence-corrected chi connectivity index (χ2v) is 8.95. The molecule has 0 aliphatic carbocycles. The minimum absolute atomic E-state index is 0.198. The number of halogens is 1. The summed E-state index contributed by atoms with van der Waals surface area (Å²) in [5.74, 6) is 1.40. The molecular formula is C24H24BrN5O2. The number of anilines is 1. The molecule has 8 heteroatoms. The molecule has 0 spiro atoms. The van der Waals surface area contributed by atoms with Gasteiger partial charge in [0, 0.05) is 42.9 Å². The van der Waals surface area contributed by atoms with Crippen LogP contribution in [0.1, 0.15) is 18.4 Å². The zero-order valence-corrected chi connectivity index (χ0v) is 19.0. The van der Waals surface area contributed by atoms with E-state index in [4.69, 9.17) is 4.98 Å².